The van der Waals surface area contributed by atoms with Gasteiger partial charge in [0.2, 0.25) is 0 Å². The van der Waals surface area contributed by atoms with Gasteiger partial charge in [0.15, 0.2) is 0 Å². The van der Waals surface area contributed by atoms with E-state index in [1.54, 1.807) is 0 Å². The first-order valence-electron chi connectivity index (χ1n) is 11.6. The second-order valence-electron chi connectivity index (χ2n) is 8.58. The quantitative estimate of drug-likeness (QED) is 0.450. The molecular formula is C21H41B3N. The van der Waals surface area contributed by atoms with Gasteiger partial charge in [-0.05, 0) is 44.6 Å². The molecule has 0 aromatic carbocycles. The molecule has 0 aromatic heterocycles. The Morgan fingerprint density at radius 2 is 1.64 bits per heavy atom. The zero-order chi connectivity index (χ0) is 17.6. The fourth-order valence-corrected chi connectivity index (χ4v) is 5.08. The first-order valence-corrected chi connectivity index (χ1v) is 11.6. The molecule has 0 bridgehead atoms. The van der Waals surface area contributed by atoms with Gasteiger partial charge in [0.25, 0.3) is 0 Å². The van der Waals surface area contributed by atoms with Crippen LogP contribution in [0.3, 0.4) is 0 Å². The molecule has 2 rings (SSSR count). The highest BCUT2D eigenvalue weighted by Gasteiger charge is 2.37. The van der Waals surface area contributed by atoms with Crippen LogP contribution in [0.2, 0.25) is 37.9 Å². The van der Waals surface area contributed by atoms with E-state index in [0.717, 1.165) is 5.92 Å². The van der Waals surface area contributed by atoms with Crippen molar-refractivity contribution in [2.24, 2.45) is 5.92 Å². The van der Waals surface area contributed by atoms with Crippen LogP contribution in [0, 0.1) is 5.92 Å². The minimum absolute atomic E-state index is 0.445. The average Bonchev–Trinajstić information content (AvgIpc) is 2.72. The maximum Gasteiger partial charge on any atom is 0.109 e. The van der Waals surface area contributed by atoms with Crippen molar-refractivity contribution >= 4 is 21.8 Å². The largest absolute Gasteiger partial charge is 0.311 e. The maximum absolute atomic E-state index is 4.16. The monoisotopic (exact) mass is 340 g/mol. The molecule has 2 heterocycles. The summed E-state index contributed by atoms with van der Waals surface area (Å²) in [5, 5.41) is 4.16. The molecule has 2 aliphatic rings. The van der Waals surface area contributed by atoms with Crippen LogP contribution in [-0.2, 0) is 0 Å². The summed E-state index contributed by atoms with van der Waals surface area (Å²) in [5.41, 5.74) is 0.445. The summed E-state index contributed by atoms with van der Waals surface area (Å²) >= 11 is 0. The Bertz CT molecular complexity index is 326. The van der Waals surface area contributed by atoms with Crippen molar-refractivity contribution < 1.29 is 0 Å². The van der Waals surface area contributed by atoms with E-state index in [2.05, 4.69) is 34.1 Å². The Hall–Kier alpha value is 0.155. The lowest BCUT2D eigenvalue weighted by Gasteiger charge is -2.43. The van der Waals surface area contributed by atoms with Gasteiger partial charge >= 0.3 is 0 Å². The summed E-state index contributed by atoms with van der Waals surface area (Å²) in [7, 11) is 7.63. The van der Waals surface area contributed by atoms with Crippen molar-refractivity contribution in [3.05, 3.63) is 0 Å². The predicted molar refractivity (Wildman–Crippen MR) is 117 cm³/mol. The van der Waals surface area contributed by atoms with Crippen LogP contribution in [0.5, 0.6) is 0 Å². The predicted octanol–water partition coefficient (Wildman–Crippen LogP) is 5.89. The van der Waals surface area contributed by atoms with Crippen LogP contribution in [0.25, 0.3) is 0 Å². The van der Waals surface area contributed by atoms with E-state index in [1.165, 1.54) is 115 Å². The fraction of sp³-hybridized carbons (Fsp3) is 1.00. The molecule has 2 aliphatic heterocycles. The molecule has 139 valence electrons. The molecule has 2 saturated heterocycles. The van der Waals surface area contributed by atoms with Gasteiger partial charge in [0, 0.05) is 5.54 Å². The van der Waals surface area contributed by atoms with Crippen molar-refractivity contribution in [1.82, 2.24) is 5.32 Å². The van der Waals surface area contributed by atoms with E-state index in [1.807, 2.05) is 0 Å². The van der Waals surface area contributed by atoms with Crippen LogP contribution in [-0.4, -0.2) is 33.9 Å². The summed E-state index contributed by atoms with van der Waals surface area (Å²) in [5.74, 6) is 0.908. The van der Waals surface area contributed by atoms with Gasteiger partial charge < -0.3 is 5.32 Å². The summed E-state index contributed by atoms with van der Waals surface area (Å²) < 4.78 is 0. The summed E-state index contributed by atoms with van der Waals surface area (Å²) in [6.07, 6.45) is 23.4. The second kappa shape index (κ2) is 13.3. The van der Waals surface area contributed by atoms with Crippen molar-refractivity contribution in [3.8, 4) is 0 Å². The summed E-state index contributed by atoms with van der Waals surface area (Å²) in [6, 6.07) is 0. The molecular weight excluding hydrogens is 299 g/mol. The Labute approximate surface area is 161 Å². The van der Waals surface area contributed by atoms with Crippen molar-refractivity contribution in [1.29, 1.82) is 0 Å². The van der Waals surface area contributed by atoms with Crippen LogP contribution >= 0.6 is 0 Å². The highest BCUT2D eigenvalue weighted by Crippen LogP contribution is 2.38. The molecule has 0 spiro atoms. The number of rotatable bonds is 7. The van der Waals surface area contributed by atoms with Gasteiger partial charge in [0.1, 0.15) is 21.8 Å². The number of fused-ring (bicyclic) bond motifs is 1. The summed E-state index contributed by atoms with van der Waals surface area (Å²) in [6.45, 7) is 3.52. The first-order chi connectivity index (χ1) is 12.4. The molecule has 25 heavy (non-hydrogen) atoms. The van der Waals surface area contributed by atoms with Crippen LogP contribution < -0.4 is 5.32 Å². The lowest BCUT2D eigenvalue weighted by atomic mass is 9.64. The van der Waals surface area contributed by atoms with Gasteiger partial charge in [-0.3, -0.25) is 0 Å². The minimum atomic E-state index is 0.445. The maximum atomic E-state index is 4.16. The molecule has 1 N–H and O–H groups in total. The molecule has 0 saturated carbocycles. The Morgan fingerprint density at radius 1 is 0.920 bits per heavy atom. The number of nitrogens with one attached hydrogen (secondary N) is 1. The van der Waals surface area contributed by atoms with E-state index < -0.39 is 0 Å². The molecule has 2 fully saturated rings. The third-order valence-corrected chi connectivity index (χ3v) is 6.57. The third kappa shape index (κ3) is 8.14. The Balaban J connectivity index is 1.97. The molecule has 0 aromatic rings. The van der Waals surface area contributed by atoms with Gasteiger partial charge in [-0.1, -0.05) is 83.4 Å². The molecule has 3 radical (unpaired) electrons. The highest BCUT2D eigenvalue weighted by molar-refractivity contribution is 6.35. The van der Waals surface area contributed by atoms with Gasteiger partial charge in [-0.2, -0.15) is 0 Å². The van der Waals surface area contributed by atoms with Crippen LogP contribution in [0.15, 0.2) is 0 Å². The SMILES string of the molecule is CCC[B]CCCCC12CCC[B]CCCC1CCC[B]CCCN2. The molecule has 0 aliphatic carbocycles. The van der Waals surface area contributed by atoms with Gasteiger partial charge in [0.05, 0.1) is 0 Å². The second-order valence-corrected chi connectivity index (χ2v) is 8.58. The Kier molecular flexibility index (Phi) is 11.5. The highest BCUT2D eigenvalue weighted by atomic mass is 15.0. The number of hydrogen-bond donors (Lipinski definition) is 1. The van der Waals surface area contributed by atoms with E-state index >= 15 is 0 Å². The number of unbranched alkanes of at least 4 members (excludes halogenated alkanes) is 1. The topological polar surface area (TPSA) is 12.0 Å². The third-order valence-electron chi connectivity index (χ3n) is 6.57. The van der Waals surface area contributed by atoms with Crippen molar-refractivity contribution in [3.63, 3.8) is 0 Å². The van der Waals surface area contributed by atoms with Crippen LogP contribution in [0.4, 0.5) is 0 Å². The lowest BCUT2D eigenvalue weighted by molar-refractivity contribution is 0.151. The van der Waals surface area contributed by atoms with Gasteiger partial charge in [-0.15, -0.1) is 0 Å². The zero-order valence-electron chi connectivity index (χ0n) is 17.0. The van der Waals surface area contributed by atoms with Gasteiger partial charge in [-0.25, -0.2) is 0 Å². The molecule has 1 nitrogen and oxygen atoms in total. The smallest absolute Gasteiger partial charge is 0.109 e. The fourth-order valence-electron chi connectivity index (χ4n) is 5.08. The standard InChI is InChI=1S/C21H41B3N/c1-2-13-22-14-4-3-11-21-12-7-17-23-15-5-9-20(21)10-6-16-24-18-8-19-25-21/h20,25H,2-19H2,1H3. The Morgan fingerprint density at radius 3 is 2.40 bits per heavy atom. The average molecular weight is 340 g/mol. The van der Waals surface area contributed by atoms with E-state index in [9.17, 15) is 0 Å². The van der Waals surface area contributed by atoms with E-state index in [0.29, 0.717) is 5.54 Å². The normalized spacial score (nSPS) is 29.1. The molecule has 2 unspecified atom stereocenters. The van der Waals surface area contributed by atoms with Crippen molar-refractivity contribution in [2.75, 3.05) is 6.54 Å². The van der Waals surface area contributed by atoms with Crippen LogP contribution in [0.1, 0.15) is 77.6 Å². The summed E-state index contributed by atoms with van der Waals surface area (Å²) in [4.78, 5) is 0. The molecule has 4 heteroatoms. The zero-order valence-corrected chi connectivity index (χ0v) is 17.0. The minimum Gasteiger partial charge on any atom is -0.311 e. The molecule has 0 amide bonds. The van der Waals surface area contributed by atoms with Crippen molar-refractivity contribution in [2.45, 2.75) is 121 Å². The van der Waals surface area contributed by atoms with E-state index in [-0.39, 0.29) is 0 Å². The first kappa shape index (κ1) is 21.5. The molecule has 2 atom stereocenters. The number of hydrogen-bond acceptors (Lipinski definition) is 1. The lowest BCUT2D eigenvalue weighted by Crippen LogP contribution is -2.52. The van der Waals surface area contributed by atoms with E-state index in [4.69, 9.17) is 0 Å².